The van der Waals surface area contributed by atoms with Crippen LogP contribution >= 0.6 is 0 Å². The molecule has 0 bridgehead atoms. The van der Waals surface area contributed by atoms with Crippen molar-refractivity contribution in [2.24, 2.45) is 5.92 Å². The third kappa shape index (κ3) is 4.02. The van der Waals surface area contributed by atoms with E-state index in [2.05, 4.69) is 158 Å². The van der Waals surface area contributed by atoms with Crippen molar-refractivity contribution in [1.82, 2.24) is 0 Å². The van der Waals surface area contributed by atoms with Crippen molar-refractivity contribution < 1.29 is 4.42 Å². The summed E-state index contributed by atoms with van der Waals surface area (Å²) in [5.41, 5.74) is 11.0. The van der Waals surface area contributed by atoms with Crippen LogP contribution in [0.1, 0.15) is 49.3 Å². The smallest absolute Gasteiger partial charge is 0.159 e. The molecule has 1 heterocycles. The molecule has 5 aromatic carbocycles. The molecular formula is C43H35NO. The van der Waals surface area contributed by atoms with E-state index < -0.39 is 0 Å². The Kier molecular flexibility index (Phi) is 5.83. The number of hydrogen-bond donors (Lipinski definition) is 0. The van der Waals surface area contributed by atoms with Crippen molar-refractivity contribution in [3.63, 3.8) is 0 Å². The normalized spacial score (nSPS) is 19.9. The third-order valence-electron chi connectivity index (χ3n) is 10.5. The van der Waals surface area contributed by atoms with E-state index in [4.69, 9.17) is 4.42 Å². The van der Waals surface area contributed by atoms with Crippen molar-refractivity contribution >= 4 is 49.7 Å². The number of benzene rings is 5. The second-order valence-electron chi connectivity index (χ2n) is 13.3. The molecule has 2 unspecified atom stereocenters. The first-order valence-electron chi connectivity index (χ1n) is 16.2. The number of fused-ring (bicyclic) bond motifs is 8. The van der Waals surface area contributed by atoms with Crippen molar-refractivity contribution in [2.45, 2.75) is 38.0 Å². The van der Waals surface area contributed by atoms with E-state index >= 15 is 0 Å². The fraction of sp³-hybridized carbons (Fsp3) is 0.163. The van der Waals surface area contributed by atoms with Crippen LogP contribution in [0.2, 0.25) is 0 Å². The molecule has 218 valence electrons. The summed E-state index contributed by atoms with van der Waals surface area (Å²) in [5, 5.41) is 4.78. The Balaban J connectivity index is 1.24. The lowest BCUT2D eigenvalue weighted by Crippen LogP contribution is -2.26. The topological polar surface area (TPSA) is 16.4 Å². The second kappa shape index (κ2) is 9.97. The Morgan fingerprint density at radius 1 is 0.756 bits per heavy atom. The van der Waals surface area contributed by atoms with Gasteiger partial charge in [-0.25, -0.2) is 0 Å². The molecule has 2 atom stereocenters. The fourth-order valence-corrected chi connectivity index (χ4v) is 8.13. The van der Waals surface area contributed by atoms with E-state index in [0.29, 0.717) is 11.8 Å². The van der Waals surface area contributed by atoms with Crippen LogP contribution in [-0.4, -0.2) is 0 Å². The molecule has 0 saturated carbocycles. The van der Waals surface area contributed by atoms with Crippen LogP contribution in [0.15, 0.2) is 150 Å². The Morgan fingerprint density at radius 3 is 2.44 bits per heavy atom. The molecule has 0 amide bonds. The molecule has 0 fully saturated rings. The Morgan fingerprint density at radius 2 is 1.58 bits per heavy atom. The van der Waals surface area contributed by atoms with Gasteiger partial charge in [0.25, 0.3) is 0 Å². The number of hydrogen-bond acceptors (Lipinski definition) is 2. The van der Waals surface area contributed by atoms with Crippen molar-refractivity contribution in [3.05, 3.63) is 162 Å². The van der Waals surface area contributed by atoms with Gasteiger partial charge in [-0.05, 0) is 87.6 Å². The maximum Gasteiger partial charge on any atom is 0.159 e. The highest BCUT2D eigenvalue weighted by Gasteiger charge is 2.43. The molecule has 0 saturated heterocycles. The zero-order valence-corrected chi connectivity index (χ0v) is 25.7. The molecule has 2 heteroatoms. The first kappa shape index (κ1) is 26.3. The number of para-hydroxylation sites is 1. The summed E-state index contributed by atoms with van der Waals surface area (Å²) in [6, 6.07) is 37.7. The predicted molar refractivity (Wildman–Crippen MR) is 189 cm³/mol. The van der Waals surface area contributed by atoms with E-state index in [9.17, 15) is 0 Å². The number of furan rings is 1. The van der Waals surface area contributed by atoms with Gasteiger partial charge < -0.3 is 9.32 Å². The average Bonchev–Trinajstić information content (AvgIpc) is 3.59. The summed E-state index contributed by atoms with van der Waals surface area (Å²) < 4.78 is 6.77. The lowest BCUT2D eigenvalue weighted by molar-refractivity contribution is 0.413. The van der Waals surface area contributed by atoms with E-state index in [1.807, 2.05) is 0 Å². The van der Waals surface area contributed by atoms with Gasteiger partial charge in [0.15, 0.2) is 5.58 Å². The van der Waals surface area contributed by atoms with E-state index in [1.165, 1.54) is 44.1 Å². The van der Waals surface area contributed by atoms with Crippen LogP contribution in [0.4, 0.5) is 11.4 Å². The SMILES string of the molecule is CC1(C)c2ccccc2C2=CC(N(c3ccc(C4C=CC=CC4)cc3)c3cccc4c3oc3ccc5ccccc5c34)=CCC21. The minimum atomic E-state index is 0.0959. The Hall–Kier alpha value is -5.08. The first-order valence-corrected chi connectivity index (χ1v) is 16.2. The minimum absolute atomic E-state index is 0.0959. The van der Waals surface area contributed by atoms with Crippen LogP contribution in [0, 0.1) is 5.92 Å². The van der Waals surface area contributed by atoms with E-state index in [1.54, 1.807) is 0 Å². The van der Waals surface area contributed by atoms with Crippen molar-refractivity contribution in [2.75, 3.05) is 4.90 Å². The van der Waals surface area contributed by atoms with Crippen molar-refractivity contribution in [1.29, 1.82) is 0 Å². The second-order valence-corrected chi connectivity index (χ2v) is 13.3. The van der Waals surface area contributed by atoms with Gasteiger partial charge in [0, 0.05) is 28.1 Å². The van der Waals surface area contributed by atoms with Crippen LogP contribution in [0.5, 0.6) is 0 Å². The molecule has 0 N–H and O–H groups in total. The van der Waals surface area contributed by atoms with Crippen LogP contribution < -0.4 is 4.90 Å². The number of anilines is 2. The van der Waals surface area contributed by atoms with Gasteiger partial charge in [0.2, 0.25) is 0 Å². The summed E-state index contributed by atoms with van der Waals surface area (Å²) in [7, 11) is 0. The van der Waals surface area contributed by atoms with Crippen LogP contribution in [0.25, 0.3) is 38.3 Å². The highest BCUT2D eigenvalue weighted by molar-refractivity contribution is 6.20. The molecular weight excluding hydrogens is 546 g/mol. The molecule has 3 aliphatic carbocycles. The standard InChI is InChI=1S/C43H35NO/c1-43(2)37-17-9-8-15-34(37)36-27-32(24-25-38(36)43)44(31-22-19-29(20-23-31)28-11-4-3-5-12-28)39-18-10-16-35-41-33-14-7-6-13-30(33)21-26-40(41)45-42(35)39/h3-11,13-24,26-28,38H,12,25H2,1-2H3. The minimum Gasteiger partial charge on any atom is -0.454 e. The monoisotopic (exact) mass is 581 g/mol. The number of nitrogens with zero attached hydrogens (tertiary/aromatic N) is 1. The molecule has 0 spiro atoms. The zero-order valence-electron chi connectivity index (χ0n) is 25.7. The Labute approximate surface area is 264 Å². The predicted octanol–water partition coefficient (Wildman–Crippen LogP) is 11.8. The molecule has 3 aliphatic rings. The van der Waals surface area contributed by atoms with Gasteiger partial charge >= 0.3 is 0 Å². The van der Waals surface area contributed by atoms with Gasteiger partial charge in [0.1, 0.15) is 5.58 Å². The van der Waals surface area contributed by atoms with Gasteiger partial charge in [-0.2, -0.15) is 0 Å². The van der Waals surface area contributed by atoms with E-state index in [-0.39, 0.29) is 5.41 Å². The molecule has 6 aromatic rings. The summed E-state index contributed by atoms with van der Waals surface area (Å²) in [6.45, 7) is 4.81. The third-order valence-corrected chi connectivity index (χ3v) is 10.5. The van der Waals surface area contributed by atoms with Gasteiger partial charge in [-0.1, -0.05) is 123 Å². The first-order chi connectivity index (χ1) is 22.1. The summed E-state index contributed by atoms with van der Waals surface area (Å²) in [5.74, 6) is 0.876. The quantitative estimate of drug-likeness (QED) is 0.206. The molecule has 45 heavy (non-hydrogen) atoms. The van der Waals surface area contributed by atoms with Crippen molar-refractivity contribution in [3.8, 4) is 0 Å². The lowest BCUT2D eigenvalue weighted by atomic mass is 9.74. The highest BCUT2D eigenvalue weighted by atomic mass is 16.3. The number of rotatable bonds is 4. The fourth-order valence-electron chi connectivity index (χ4n) is 8.13. The zero-order chi connectivity index (χ0) is 30.1. The molecule has 9 rings (SSSR count). The molecule has 0 radical (unpaired) electrons. The highest BCUT2D eigenvalue weighted by Crippen LogP contribution is 2.54. The van der Waals surface area contributed by atoms with Crippen LogP contribution in [0.3, 0.4) is 0 Å². The van der Waals surface area contributed by atoms with Crippen LogP contribution in [-0.2, 0) is 5.41 Å². The average molecular weight is 582 g/mol. The summed E-state index contributed by atoms with van der Waals surface area (Å²) in [6.07, 6.45) is 15.8. The molecule has 0 aliphatic heterocycles. The Bertz CT molecular complexity index is 2260. The summed E-state index contributed by atoms with van der Waals surface area (Å²) >= 11 is 0. The molecule has 2 nitrogen and oxygen atoms in total. The largest absolute Gasteiger partial charge is 0.454 e. The lowest BCUT2D eigenvalue weighted by Gasteiger charge is -2.33. The van der Waals surface area contributed by atoms with Gasteiger partial charge in [-0.3, -0.25) is 0 Å². The maximum absolute atomic E-state index is 6.77. The summed E-state index contributed by atoms with van der Waals surface area (Å²) in [4.78, 5) is 2.42. The van der Waals surface area contributed by atoms with Gasteiger partial charge in [-0.15, -0.1) is 0 Å². The van der Waals surface area contributed by atoms with Gasteiger partial charge in [0.05, 0.1) is 5.69 Å². The molecule has 1 aromatic heterocycles. The maximum atomic E-state index is 6.77. The van der Waals surface area contributed by atoms with E-state index in [0.717, 1.165) is 40.8 Å². The number of allylic oxidation sites excluding steroid dienone is 7.